The molecule has 10 nitrogen and oxygen atoms in total. The van der Waals surface area contributed by atoms with Crippen LogP contribution in [0.25, 0.3) is 0 Å². The summed E-state index contributed by atoms with van der Waals surface area (Å²) >= 11 is 1.63. The summed E-state index contributed by atoms with van der Waals surface area (Å²) in [7, 11) is 0. The molecular weight excluding hydrogens is 556 g/mol. The fourth-order valence-electron chi connectivity index (χ4n) is 4.97. The maximum absolute atomic E-state index is 13.5. The molecule has 4 N–H and O–H groups in total. The second-order valence-corrected chi connectivity index (χ2v) is 12.6. The standard InChI is InChI=1S/C31H40N4O6S/c1-17(2)14-24(34-28(37)20-10-11-27-23(16-20)32-21-8-6-7-9-26(21)42-27)30(39)35-25(15-18(3)4)29(38)33-22-12-13-40-31(22)41-19(5)36/h6-11,16-18,22,24-25,31-32H,12-15H2,1-5H3,(H,33,38)(H,34,37)(H,35,39)/t22-,24?,25-,31?/m0/s1. The molecule has 2 aliphatic rings. The third kappa shape index (κ3) is 8.25. The quantitative estimate of drug-likeness (QED) is 0.240. The molecule has 2 heterocycles. The van der Waals surface area contributed by atoms with Gasteiger partial charge in [-0.3, -0.25) is 19.2 Å². The molecule has 0 bridgehead atoms. The highest BCUT2D eigenvalue weighted by molar-refractivity contribution is 7.99. The van der Waals surface area contributed by atoms with Gasteiger partial charge in [-0.1, -0.05) is 51.6 Å². The van der Waals surface area contributed by atoms with E-state index >= 15 is 0 Å². The Balaban J connectivity index is 1.44. The van der Waals surface area contributed by atoms with Gasteiger partial charge in [-0.05, 0) is 61.4 Å². The molecule has 0 aromatic heterocycles. The molecule has 11 heteroatoms. The largest absolute Gasteiger partial charge is 0.434 e. The van der Waals surface area contributed by atoms with Gasteiger partial charge in [0.1, 0.15) is 12.1 Å². The summed E-state index contributed by atoms with van der Waals surface area (Å²) in [6.45, 7) is 9.48. The lowest BCUT2D eigenvalue weighted by atomic mass is 9.99. The van der Waals surface area contributed by atoms with E-state index in [0.717, 1.165) is 21.2 Å². The molecule has 2 aliphatic heterocycles. The number of carbonyl (C=O) groups excluding carboxylic acids is 4. The molecular formula is C31H40N4O6S. The molecule has 0 radical (unpaired) electrons. The van der Waals surface area contributed by atoms with Crippen molar-refractivity contribution in [2.45, 2.75) is 88.1 Å². The Morgan fingerprint density at radius 3 is 2.29 bits per heavy atom. The van der Waals surface area contributed by atoms with E-state index in [9.17, 15) is 19.2 Å². The van der Waals surface area contributed by atoms with E-state index < -0.39 is 42.2 Å². The van der Waals surface area contributed by atoms with Crippen LogP contribution in [0.15, 0.2) is 52.3 Å². The summed E-state index contributed by atoms with van der Waals surface area (Å²) in [6.07, 6.45) is 0.400. The molecule has 0 aliphatic carbocycles. The zero-order valence-corrected chi connectivity index (χ0v) is 25.5. The average molecular weight is 597 g/mol. The highest BCUT2D eigenvalue weighted by atomic mass is 32.2. The van der Waals surface area contributed by atoms with E-state index in [1.165, 1.54) is 6.92 Å². The van der Waals surface area contributed by atoms with Crippen LogP contribution in [0.2, 0.25) is 0 Å². The van der Waals surface area contributed by atoms with Crippen molar-refractivity contribution in [3.8, 4) is 0 Å². The third-order valence-electron chi connectivity index (χ3n) is 6.94. The van der Waals surface area contributed by atoms with Crippen molar-refractivity contribution < 1.29 is 28.7 Å². The number of benzene rings is 2. The molecule has 226 valence electrons. The van der Waals surface area contributed by atoms with Crippen molar-refractivity contribution in [1.29, 1.82) is 0 Å². The second kappa shape index (κ2) is 14.1. The lowest BCUT2D eigenvalue weighted by Crippen LogP contribution is -2.56. The van der Waals surface area contributed by atoms with Crippen molar-refractivity contribution >= 4 is 46.8 Å². The number of para-hydroxylation sites is 1. The lowest BCUT2D eigenvalue weighted by Gasteiger charge is -2.27. The summed E-state index contributed by atoms with van der Waals surface area (Å²) in [4.78, 5) is 53.7. The summed E-state index contributed by atoms with van der Waals surface area (Å²) in [6, 6.07) is 11.2. The maximum Gasteiger partial charge on any atom is 0.305 e. The van der Waals surface area contributed by atoms with Gasteiger partial charge in [0.25, 0.3) is 5.91 Å². The zero-order chi connectivity index (χ0) is 30.4. The smallest absolute Gasteiger partial charge is 0.305 e. The minimum Gasteiger partial charge on any atom is -0.434 e. The number of hydrogen-bond donors (Lipinski definition) is 4. The number of amides is 3. The number of anilines is 2. The van der Waals surface area contributed by atoms with E-state index in [2.05, 4.69) is 21.3 Å². The monoisotopic (exact) mass is 596 g/mol. The van der Waals surface area contributed by atoms with E-state index in [1.807, 2.05) is 58.0 Å². The van der Waals surface area contributed by atoms with Crippen molar-refractivity contribution in [2.75, 3.05) is 11.9 Å². The highest BCUT2D eigenvalue weighted by Crippen LogP contribution is 2.44. The van der Waals surface area contributed by atoms with Crippen LogP contribution in [-0.2, 0) is 23.9 Å². The Morgan fingerprint density at radius 2 is 1.60 bits per heavy atom. The van der Waals surface area contributed by atoms with Gasteiger partial charge in [0.2, 0.25) is 18.1 Å². The van der Waals surface area contributed by atoms with Crippen molar-refractivity contribution in [1.82, 2.24) is 16.0 Å². The van der Waals surface area contributed by atoms with Gasteiger partial charge in [-0.15, -0.1) is 0 Å². The topological polar surface area (TPSA) is 135 Å². The maximum atomic E-state index is 13.5. The van der Waals surface area contributed by atoms with Gasteiger partial charge >= 0.3 is 5.97 Å². The molecule has 0 spiro atoms. The van der Waals surface area contributed by atoms with Crippen molar-refractivity contribution in [3.63, 3.8) is 0 Å². The van der Waals surface area contributed by atoms with Crippen LogP contribution in [-0.4, -0.2) is 54.7 Å². The second-order valence-electron chi connectivity index (χ2n) is 11.5. The number of nitrogens with one attached hydrogen (secondary N) is 4. The number of esters is 1. The Bertz CT molecular complexity index is 1320. The van der Waals surface area contributed by atoms with E-state index in [1.54, 1.807) is 23.9 Å². The average Bonchev–Trinajstić information content (AvgIpc) is 3.35. The molecule has 2 aromatic rings. The summed E-state index contributed by atoms with van der Waals surface area (Å²) in [5.74, 6) is -1.48. The number of carbonyl (C=O) groups is 4. The predicted molar refractivity (Wildman–Crippen MR) is 160 cm³/mol. The van der Waals surface area contributed by atoms with Crippen LogP contribution in [0.3, 0.4) is 0 Å². The first-order valence-corrected chi connectivity index (χ1v) is 15.2. The normalized spacial score (nSPS) is 18.7. The number of fused-ring (bicyclic) bond motifs is 2. The van der Waals surface area contributed by atoms with Crippen LogP contribution in [0.5, 0.6) is 0 Å². The minimum absolute atomic E-state index is 0.106. The number of rotatable bonds is 11. The van der Waals surface area contributed by atoms with Gasteiger partial charge in [0.05, 0.1) is 24.0 Å². The molecule has 3 amide bonds. The van der Waals surface area contributed by atoms with Crippen LogP contribution >= 0.6 is 11.8 Å². The molecule has 1 fully saturated rings. The van der Waals surface area contributed by atoms with Crippen LogP contribution in [0.4, 0.5) is 11.4 Å². The summed E-state index contributed by atoms with van der Waals surface area (Å²) in [5.41, 5.74) is 2.23. The number of hydrogen-bond acceptors (Lipinski definition) is 8. The predicted octanol–water partition coefficient (Wildman–Crippen LogP) is 4.36. The van der Waals surface area contributed by atoms with Crippen LogP contribution < -0.4 is 21.3 Å². The first kappa shape index (κ1) is 31.4. The lowest BCUT2D eigenvalue weighted by molar-refractivity contribution is -0.170. The number of ether oxygens (including phenoxy) is 2. The molecule has 2 unspecified atom stereocenters. The fourth-order valence-corrected chi connectivity index (χ4v) is 5.94. The molecule has 0 saturated carbocycles. The van der Waals surface area contributed by atoms with Crippen LogP contribution in [0.1, 0.15) is 64.2 Å². The van der Waals surface area contributed by atoms with Gasteiger partial charge < -0.3 is 30.7 Å². The van der Waals surface area contributed by atoms with Crippen LogP contribution in [0, 0.1) is 11.8 Å². The Kier molecular flexibility index (Phi) is 10.5. The molecule has 2 aromatic carbocycles. The van der Waals surface area contributed by atoms with Gasteiger partial charge in [-0.2, -0.15) is 0 Å². The summed E-state index contributed by atoms with van der Waals surface area (Å²) in [5, 5.41) is 12.0. The van der Waals surface area contributed by atoms with E-state index in [-0.39, 0.29) is 17.7 Å². The third-order valence-corrected chi connectivity index (χ3v) is 8.09. The first-order valence-electron chi connectivity index (χ1n) is 14.4. The first-order chi connectivity index (χ1) is 20.0. The molecule has 42 heavy (non-hydrogen) atoms. The minimum atomic E-state index is -0.868. The Morgan fingerprint density at radius 1 is 0.929 bits per heavy atom. The molecule has 1 saturated heterocycles. The van der Waals surface area contributed by atoms with Gasteiger partial charge in [0.15, 0.2) is 0 Å². The highest BCUT2D eigenvalue weighted by Gasteiger charge is 2.35. The fraction of sp³-hybridized carbons (Fsp3) is 0.484. The SMILES string of the molecule is CC(=O)OC1OCC[C@@H]1NC(=O)[C@H](CC(C)C)NC(=O)C(CC(C)C)NC(=O)c1ccc2c(c1)Nc1ccccc1S2. The van der Waals surface area contributed by atoms with Gasteiger partial charge in [0, 0.05) is 22.3 Å². The summed E-state index contributed by atoms with van der Waals surface area (Å²) < 4.78 is 10.6. The van der Waals surface area contributed by atoms with Crippen molar-refractivity contribution in [2.24, 2.45) is 11.8 Å². The van der Waals surface area contributed by atoms with E-state index in [0.29, 0.717) is 31.4 Å². The van der Waals surface area contributed by atoms with Gasteiger partial charge in [-0.25, -0.2) is 0 Å². The molecule has 4 rings (SSSR count). The molecule has 4 atom stereocenters. The Labute approximate surface area is 251 Å². The van der Waals surface area contributed by atoms with E-state index in [4.69, 9.17) is 9.47 Å². The zero-order valence-electron chi connectivity index (χ0n) is 24.7. The van der Waals surface area contributed by atoms with Crippen molar-refractivity contribution in [3.05, 3.63) is 48.0 Å². The Hall–Kier alpha value is -3.57.